The summed E-state index contributed by atoms with van der Waals surface area (Å²) < 4.78 is 12.3. The third-order valence-corrected chi connectivity index (χ3v) is 2.58. The topological polar surface area (TPSA) is 20.3 Å². The molecular weight excluding hydrogens is 193 g/mol. The zero-order valence-corrected chi connectivity index (χ0v) is 8.56. The van der Waals surface area contributed by atoms with Gasteiger partial charge in [0.1, 0.15) is 5.38 Å². The van der Waals surface area contributed by atoms with Crippen LogP contribution in [0.3, 0.4) is 0 Å². The summed E-state index contributed by atoms with van der Waals surface area (Å²) in [5.74, 6) is -0.0482. The Kier molecular flexibility index (Phi) is 3.97. The van der Waals surface area contributed by atoms with Gasteiger partial charge in [0.15, 0.2) is 0 Å². The van der Waals surface area contributed by atoms with Gasteiger partial charge in [0.05, 0.1) is 6.67 Å². The second kappa shape index (κ2) is 4.80. The van der Waals surface area contributed by atoms with E-state index >= 15 is 0 Å². The van der Waals surface area contributed by atoms with Gasteiger partial charge in [-0.15, -0.1) is 11.6 Å². The predicted molar refractivity (Wildman–Crippen MR) is 50.6 cm³/mol. The molecule has 0 aliphatic carbocycles. The minimum absolute atomic E-state index is 0.0214. The average molecular weight is 208 g/mol. The number of carbonyl (C=O) groups excluding carboxylic acids is 1. The van der Waals surface area contributed by atoms with Crippen molar-refractivity contribution >= 4 is 17.5 Å². The highest BCUT2D eigenvalue weighted by molar-refractivity contribution is 6.30. The fourth-order valence-corrected chi connectivity index (χ4v) is 1.78. The van der Waals surface area contributed by atoms with Crippen molar-refractivity contribution in [2.75, 3.05) is 19.8 Å². The van der Waals surface area contributed by atoms with Crippen LogP contribution in [0.25, 0.3) is 0 Å². The Morgan fingerprint density at radius 3 is 3.00 bits per heavy atom. The van der Waals surface area contributed by atoms with Crippen LogP contribution < -0.4 is 0 Å². The molecule has 1 heterocycles. The molecule has 2 nitrogen and oxygen atoms in total. The molecule has 1 aliphatic rings. The van der Waals surface area contributed by atoms with Gasteiger partial charge in [-0.05, 0) is 19.8 Å². The van der Waals surface area contributed by atoms with Crippen molar-refractivity contribution in [1.29, 1.82) is 0 Å². The molecule has 2 unspecified atom stereocenters. The molecule has 0 aromatic carbocycles. The molecule has 0 aromatic heterocycles. The summed E-state index contributed by atoms with van der Waals surface area (Å²) in [7, 11) is 0. The van der Waals surface area contributed by atoms with Gasteiger partial charge >= 0.3 is 0 Å². The molecule has 4 heteroatoms. The molecule has 0 radical (unpaired) electrons. The van der Waals surface area contributed by atoms with Crippen molar-refractivity contribution in [3.05, 3.63) is 0 Å². The highest BCUT2D eigenvalue weighted by atomic mass is 35.5. The van der Waals surface area contributed by atoms with Gasteiger partial charge in [-0.1, -0.05) is 0 Å². The normalized spacial score (nSPS) is 25.8. The smallest absolute Gasteiger partial charge is 0.240 e. The van der Waals surface area contributed by atoms with E-state index in [9.17, 15) is 9.18 Å². The van der Waals surface area contributed by atoms with Crippen molar-refractivity contribution in [2.45, 2.75) is 25.1 Å². The molecule has 2 atom stereocenters. The van der Waals surface area contributed by atoms with E-state index in [1.54, 1.807) is 11.8 Å². The Bertz CT molecular complexity index is 186. The van der Waals surface area contributed by atoms with Crippen molar-refractivity contribution in [3.63, 3.8) is 0 Å². The monoisotopic (exact) mass is 207 g/mol. The Morgan fingerprint density at radius 1 is 1.77 bits per heavy atom. The molecular formula is C9H15ClFNO. The van der Waals surface area contributed by atoms with Crippen LogP contribution in [0.15, 0.2) is 0 Å². The first kappa shape index (κ1) is 10.8. The van der Waals surface area contributed by atoms with Gasteiger partial charge in [0.2, 0.25) is 5.91 Å². The van der Waals surface area contributed by atoms with E-state index in [2.05, 4.69) is 0 Å². The van der Waals surface area contributed by atoms with E-state index < -0.39 is 5.38 Å². The fraction of sp³-hybridized carbons (Fsp3) is 0.889. The van der Waals surface area contributed by atoms with Crippen LogP contribution in [0, 0.1) is 5.92 Å². The quantitative estimate of drug-likeness (QED) is 0.633. The van der Waals surface area contributed by atoms with Crippen LogP contribution in [0.5, 0.6) is 0 Å². The van der Waals surface area contributed by atoms with Crippen LogP contribution in [0.2, 0.25) is 0 Å². The number of amides is 1. The number of likely N-dealkylation sites (tertiary alicyclic amines) is 1. The zero-order valence-electron chi connectivity index (χ0n) is 7.80. The minimum Gasteiger partial charge on any atom is -0.341 e. The van der Waals surface area contributed by atoms with Crippen LogP contribution in [-0.2, 0) is 4.79 Å². The van der Waals surface area contributed by atoms with Gasteiger partial charge < -0.3 is 4.90 Å². The second-order valence-electron chi connectivity index (χ2n) is 3.56. The summed E-state index contributed by atoms with van der Waals surface area (Å²) in [6.07, 6.45) is 1.78. The molecule has 1 saturated heterocycles. The number of rotatable bonds is 2. The standard InChI is InChI=1S/C9H15ClFNO/c1-7(10)9(13)12-4-2-3-8(5-11)6-12/h7-8H,2-6H2,1H3. The lowest BCUT2D eigenvalue weighted by Crippen LogP contribution is -2.43. The van der Waals surface area contributed by atoms with Gasteiger partial charge in [-0.3, -0.25) is 9.18 Å². The molecule has 0 saturated carbocycles. The summed E-state index contributed by atoms with van der Waals surface area (Å²) in [6.45, 7) is 2.59. The van der Waals surface area contributed by atoms with Gasteiger partial charge in [0.25, 0.3) is 0 Å². The van der Waals surface area contributed by atoms with Crippen LogP contribution >= 0.6 is 11.6 Å². The van der Waals surface area contributed by atoms with E-state index in [-0.39, 0.29) is 18.5 Å². The maximum absolute atomic E-state index is 12.3. The van der Waals surface area contributed by atoms with Crippen LogP contribution in [0.1, 0.15) is 19.8 Å². The maximum Gasteiger partial charge on any atom is 0.240 e. The van der Waals surface area contributed by atoms with Crippen LogP contribution in [-0.4, -0.2) is 35.9 Å². The van der Waals surface area contributed by atoms with Gasteiger partial charge in [0, 0.05) is 19.0 Å². The van der Waals surface area contributed by atoms with Crippen molar-refractivity contribution in [3.8, 4) is 0 Å². The molecule has 0 spiro atoms. The van der Waals surface area contributed by atoms with Gasteiger partial charge in [-0.25, -0.2) is 0 Å². The lowest BCUT2D eigenvalue weighted by atomic mass is 9.99. The highest BCUT2D eigenvalue weighted by Crippen LogP contribution is 2.18. The molecule has 76 valence electrons. The van der Waals surface area contributed by atoms with Crippen molar-refractivity contribution in [2.24, 2.45) is 5.92 Å². The highest BCUT2D eigenvalue weighted by Gasteiger charge is 2.25. The Labute approximate surface area is 83.0 Å². The third-order valence-electron chi connectivity index (χ3n) is 2.39. The number of nitrogens with zero attached hydrogens (tertiary/aromatic N) is 1. The van der Waals surface area contributed by atoms with Crippen molar-refractivity contribution in [1.82, 2.24) is 4.90 Å². The third kappa shape index (κ3) is 2.83. The largest absolute Gasteiger partial charge is 0.341 e. The molecule has 0 aromatic rings. The first-order valence-corrected chi connectivity index (χ1v) is 5.07. The SMILES string of the molecule is CC(Cl)C(=O)N1CCCC(CF)C1. The molecule has 0 N–H and O–H groups in total. The maximum atomic E-state index is 12.3. The lowest BCUT2D eigenvalue weighted by molar-refractivity contribution is -0.132. The molecule has 0 bridgehead atoms. The van der Waals surface area contributed by atoms with Crippen molar-refractivity contribution < 1.29 is 9.18 Å². The zero-order chi connectivity index (χ0) is 9.84. The molecule has 1 rings (SSSR count). The summed E-state index contributed by atoms with van der Waals surface area (Å²) in [5.41, 5.74) is 0. The number of carbonyl (C=O) groups is 1. The summed E-state index contributed by atoms with van der Waals surface area (Å²) in [6, 6.07) is 0. The van der Waals surface area contributed by atoms with E-state index in [1.165, 1.54) is 0 Å². The summed E-state index contributed by atoms with van der Waals surface area (Å²) >= 11 is 5.67. The first-order chi connectivity index (χ1) is 6.15. The lowest BCUT2D eigenvalue weighted by Gasteiger charge is -2.32. The molecule has 1 fully saturated rings. The van der Waals surface area contributed by atoms with E-state index in [0.717, 1.165) is 19.4 Å². The predicted octanol–water partition coefficient (Wildman–Crippen LogP) is 1.82. The fourth-order valence-electron chi connectivity index (χ4n) is 1.64. The Morgan fingerprint density at radius 2 is 2.46 bits per heavy atom. The first-order valence-electron chi connectivity index (χ1n) is 4.64. The molecule has 13 heavy (non-hydrogen) atoms. The van der Waals surface area contributed by atoms with Crippen LogP contribution in [0.4, 0.5) is 4.39 Å². The molecule has 1 aliphatic heterocycles. The van der Waals surface area contributed by atoms with E-state index in [4.69, 9.17) is 11.6 Å². The Balaban J connectivity index is 2.46. The average Bonchev–Trinajstić information content (AvgIpc) is 2.16. The number of hydrogen-bond acceptors (Lipinski definition) is 1. The second-order valence-corrected chi connectivity index (χ2v) is 4.22. The summed E-state index contributed by atoms with van der Waals surface area (Å²) in [4.78, 5) is 13.1. The number of halogens is 2. The van der Waals surface area contributed by atoms with Gasteiger partial charge in [-0.2, -0.15) is 0 Å². The number of piperidine rings is 1. The van der Waals surface area contributed by atoms with E-state index in [0.29, 0.717) is 6.54 Å². The Hall–Kier alpha value is -0.310. The minimum atomic E-state index is -0.488. The number of alkyl halides is 2. The summed E-state index contributed by atoms with van der Waals surface area (Å²) in [5, 5.41) is -0.488. The molecule has 1 amide bonds. The number of hydrogen-bond donors (Lipinski definition) is 0. The van der Waals surface area contributed by atoms with E-state index in [1.807, 2.05) is 0 Å².